The lowest BCUT2D eigenvalue weighted by Crippen LogP contribution is -2.62. The summed E-state index contributed by atoms with van der Waals surface area (Å²) in [5.74, 6) is -0.111. The van der Waals surface area contributed by atoms with Gasteiger partial charge in [-0.2, -0.15) is 5.26 Å². The number of benzene rings is 1. The highest BCUT2D eigenvalue weighted by Crippen LogP contribution is 2.24. The normalized spacial score (nSPS) is 17.0. The van der Waals surface area contributed by atoms with Gasteiger partial charge in [-0.1, -0.05) is 19.1 Å². The van der Waals surface area contributed by atoms with E-state index in [0.29, 0.717) is 25.1 Å². The van der Waals surface area contributed by atoms with E-state index in [1.807, 2.05) is 13.0 Å². The molecule has 1 aliphatic heterocycles. The van der Waals surface area contributed by atoms with E-state index in [1.54, 1.807) is 29.2 Å². The Morgan fingerprint density at radius 3 is 2.95 bits per heavy atom. The molecule has 1 aliphatic rings. The van der Waals surface area contributed by atoms with Crippen molar-refractivity contribution in [2.45, 2.75) is 18.9 Å². The van der Waals surface area contributed by atoms with Crippen LogP contribution in [0, 0.1) is 11.3 Å². The van der Waals surface area contributed by atoms with Crippen molar-refractivity contribution < 1.29 is 9.90 Å². The highest BCUT2D eigenvalue weighted by molar-refractivity contribution is 5.92. The van der Waals surface area contributed by atoms with Crippen LogP contribution in [0.2, 0.25) is 0 Å². The quantitative estimate of drug-likeness (QED) is 0.835. The van der Waals surface area contributed by atoms with Gasteiger partial charge in [0, 0.05) is 6.08 Å². The molecule has 1 aromatic carbocycles. The number of nitriles is 1. The summed E-state index contributed by atoms with van der Waals surface area (Å²) in [6.07, 6.45) is 3.82. The van der Waals surface area contributed by atoms with Crippen LogP contribution in [0.1, 0.15) is 24.5 Å². The summed E-state index contributed by atoms with van der Waals surface area (Å²) in [7, 11) is 0. The predicted octanol–water partition coefficient (Wildman–Crippen LogP) is 1.55. The van der Waals surface area contributed by atoms with E-state index < -0.39 is 5.60 Å². The molecule has 1 saturated heterocycles. The lowest BCUT2D eigenvalue weighted by Gasteiger charge is -2.45. The predicted molar refractivity (Wildman–Crippen MR) is 72.0 cm³/mol. The number of hydrogen-bond acceptors (Lipinski definition) is 3. The van der Waals surface area contributed by atoms with Gasteiger partial charge in [0.15, 0.2) is 0 Å². The maximum atomic E-state index is 11.8. The number of rotatable bonds is 3. The molecule has 0 aliphatic carbocycles. The average Bonchev–Trinajstić information content (AvgIpc) is 2.41. The first-order chi connectivity index (χ1) is 9.06. The van der Waals surface area contributed by atoms with Crippen LogP contribution in [-0.4, -0.2) is 34.6 Å². The molecular weight excluding hydrogens is 240 g/mol. The van der Waals surface area contributed by atoms with E-state index in [9.17, 15) is 9.90 Å². The van der Waals surface area contributed by atoms with Crippen molar-refractivity contribution in [3.05, 3.63) is 41.5 Å². The number of β-amino-alcohol motifs (C(OH)–C–C–N with tert-alkyl or cyclic N) is 1. The lowest BCUT2D eigenvalue weighted by atomic mass is 9.91. The largest absolute Gasteiger partial charge is 0.386 e. The smallest absolute Gasteiger partial charge is 0.246 e. The number of amides is 1. The van der Waals surface area contributed by atoms with E-state index in [1.165, 1.54) is 6.08 Å². The molecule has 98 valence electrons. The summed E-state index contributed by atoms with van der Waals surface area (Å²) in [6, 6.07) is 9.12. The highest BCUT2D eigenvalue weighted by Gasteiger charge is 2.41. The van der Waals surface area contributed by atoms with Gasteiger partial charge in [0.05, 0.1) is 30.3 Å². The second-order valence-corrected chi connectivity index (χ2v) is 4.84. The van der Waals surface area contributed by atoms with E-state index in [-0.39, 0.29) is 5.91 Å². The summed E-state index contributed by atoms with van der Waals surface area (Å²) in [6.45, 7) is 2.70. The number of carbonyl (C=O) groups is 1. The zero-order valence-corrected chi connectivity index (χ0v) is 10.8. The van der Waals surface area contributed by atoms with E-state index in [4.69, 9.17) is 5.26 Å². The Bertz CT molecular complexity index is 552. The molecule has 4 nitrogen and oxygen atoms in total. The summed E-state index contributed by atoms with van der Waals surface area (Å²) in [5, 5.41) is 18.6. The molecule has 2 rings (SSSR count). The number of likely N-dealkylation sites (tertiary alicyclic amines) is 1. The van der Waals surface area contributed by atoms with Crippen LogP contribution in [-0.2, 0) is 4.79 Å². The fourth-order valence-corrected chi connectivity index (χ4v) is 2.03. The Hall–Kier alpha value is -2.12. The fourth-order valence-electron chi connectivity index (χ4n) is 2.03. The molecule has 1 heterocycles. The molecule has 0 atom stereocenters. The first kappa shape index (κ1) is 13.3. The SMILES string of the molecule is CCC1(O)CN(C(=O)C=Cc2cccc(C#N)c2)C1. The average molecular weight is 256 g/mol. The number of carbonyl (C=O) groups excluding carboxylic acids is 1. The first-order valence-corrected chi connectivity index (χ1v) is 6.26. The molecule has 0 spiro atoms. The molecule has 1 aromatic rings. The van der Waals surface area contributed by atoms with Gasteiger partial charge >= 0.3 is 0 Å². The van der Waals surface area contributed by atoms with Gasteiger partial charge in [-0.15, -0.1) is 0 Å². The maximum absolute atomic E-state index is 11.8. The van der Waals surface area contributed by atoms with Crippen LogP contribution in [0.3, 0.4) is 0 Å². The van der Waals surface area contributed by atoms with Crippen LogP contribution in [0.15, 0.2) is 30.3 Å². The van der Waals surface area contributed by atoms with Gasteiger partial charge < -0.3 is 10.0 Å². The Kier molecular flexibility index (Phi) is 3.68. The zero-order valence-electron chi connectivity index (χ0n) is 10.8. The van der Waals surface area contributed by atoms with Crippen LogP contribution in [0.25, 0.3) is 6.08 Å². The zero-order chi connectivity index (χ0) is 13.9. The third kappa shape index (κ3) is 3.01. The van der Waals surface area contributed by atoms with Gasteiger partial charge in [0.25, 0.3) is 0 Å². The van der Waals surface area contributed by atoms with Crippen molar-refractivity contribution in [3.63, 3.8) is 0 Å². The number of nitrogens with zero attached hydrogens (tertiary/aromatic N) is 2. The van der Waals surface area contributed by atoms with Gasteiger partial charge in [0.2, 0.25) is 5.91 Å². The molecule has 0 unspecified atom stereocenters. The second-order valence-electron chi connectivity index (χ2n) is 4.84. The van der Waals surface area contributed by atoms with Crippen molar-refractivity contribution in [1.82, 2.24) is 4.90 Å². The summed E-state index contributed by atoms with van der Waals surface area (Å²) in [5.41, 5.74) is 0.683. The van der Waals surface area contributed by atoms with Crippen molar-refractivity contribution in [2.75, 3.05) is 13.1 Å². The summed E-state index contributed by atoms with van der Waals surface area (Å²) in [4.78, 5) is 13.4. The molecule has 0 aromatic heterocycles. The van der Waals surface area contributed by atoms with Crippen molar-refractivity contribution in [3.8, 4) is 6.07 Å². The molecule has 4 heteroatoms. The van der Waals surface area contributed by atoms with Gasteiger partial charge in [-0.25, -0.2) is 0 Å². The Morgan fingerprint density at radius 2 is 2.32 bits per heavy atom. The Labute approximate surface area is 112 Å². The van der Waals surface area contributed by atoms with E-state index in [0.717, 1.165) is 5.56 Å². The van der Waals surface area contributed by atoms with Gasteiger partial charge in [0.1, 0.15) is 0 Å². The van der Waals surface area contributed by atoms with Crippen LogP contribution >= 0.6 is 0 Å². The molecule has 0 radical (unpaired) electrons. The summed E-state index contributed by atoms with van der Waals surface area (Å²) < 4.78 is 0. The van der Waals surface area contributed by atoms with Crippen molar-refractivity contribution in [2.24, 2.45) is 0 Å². The Morgan fingerprint density at radius 1 is 1.58 bits per heavy atom. The minimum absolute atomic E-state index is 0.111. The third-order valence-electron chi connectivity index (χ3n) is 3.37. The standard InChI is InChI=1S/C15H16N2O2/c1-2-15(19)10-17(11-15)14(18)7-6-12-4-3-5-13(8-12)9-16/h3-8,19H,2,10-11H2,1H3. The maximum Gasteiger partial charge on any atom is 0.246 e. The van der Waals surface area contributed by atoms with E-state index >= 15 is 0 Å². The second kappa shape index (κ2) is 5.25. The monoisotopic (exact) mass is 256 g/mol. The number of aliphatic hydroxyl groups is 1. The molecule has 0 saturated carbocycles. The minimum Gasteiger partial charge on any atom is -0.386 e. The first-order valence-electron chi connectivity index (χ1n) is 6.26. The number of hydrogen-bond donors (Lipinski definition) is 1. The third-order valence-corrected chi connectivity index (χ3v) is 3.37. The minimum atomic E-state index is -0.704. The van der Waals surface area contributed by atoms with Crippen LogP contribution in [0.5, 0.6) is 0 Å². The molecule has 1 fully saturated rings. The molecule has 1 N–H and O–H groups in total. The van der Waals surface area contributed by atoms with Crippen molar-refractivity contribution >= 4 is 12.0 Å². The summed E-state index contributed by atoms with van der Waals surface area (Å²) >= 11 is 0. The molecule has 0 bridgehead atoms. The van der Waals surface area contributed by atoms with Crippen molar-refractivity contribution in [1.29, 1.82) is 5.26 Å². The lowest BCUT2D eigenvalue weighted by molar-refractivity contribution is -0.150. The van der Waals surface area contributed by atoms with Gasteiger partial charge in [-0.05, 0) is 30.2 Å². The van der Waals surface area contributed by atoms with E-state index in [2.05, 4.69) is 6.07 Å². The fraction of sp³-hybridized carbons (Fsp3) is 0.333. The van der Waals surface area contributed by atoms with Crippen LogP contribution in [0.4, 0.5) is 0 Å². The van der Waals surface area contributed by atoms with Crippen LogP contribution < -0.4 is 0 Å². The molecule has 1 amide bonds. The molecule has 19 heavy (non-hydrogen) atoms. The topological polar surface area (TPSA) is 64.3 Å². The Balaban J connectivity index is 1.96. The van der Waals surface area contributed by atoms with Gasteiger partial charge in [-0.3, -0.25) is 4.79 Å². The molecular formula is C15H16N2O2. The highest BCUT2D eigenvalue weighted by atomic mass is 16.3.